The first-order valence-corrected chi connectivity index (χ1v) is 10.8. The summed E-state index contributed by atoms with van der Waals surface area (Å²) < 4.78 is 16.4. The molecule has 6 heteroatoms. The summed E-state index contributed by atoms with van der Waals surface area (Å²) >= 11 is 0. The predicted molar refractivity (Wildman–Crippen MR) is 118 cm³/mol. The second-order valence-electron chi connectivity index (χ2n) is 8.32. The molecule has 0 radical (unpaired) electrons. The summed E-state index contributed by atoms with van der Waals surface area (Å²) in [5.74, 6) is -0.403. The first kappa shape index (κ1) is 21.2. The number of aliphatic hydroxyl groups excluding tert-OH is 1. The van der Waals surface area contributed by atoms with Crippen LogP contribution in [-0.2, 0) is 20.2 Å². The van der Waals surface area contributed by atoms with Crippen molar-refractivity contribution in [1.82, 2.24) is 14.5 Å². The lowest BCUT2D eigenvalue weighted by Gasteiger charge is -2.34. The van der Waals surface area contributed by atoms with Crippen LogP contribution in [0.4, 0.5) is 4.39 Å². The lowest BCUT2D eigenvalue weighted by atomic mass is 9.93. The van der Waals surface area contributed by atoms with E-state index in [1.54, 1.807) is 29.2 Å². The number of hydrogen-bond acceptors (Lipinski definition) is 3. The van der Waals surface area contributed by atoms with E-state index in [0.717, 1.165) is 36.8 Å². The molecule has 162 valence electrons. The Bertz CT molecular complexity index is 1060. The molecule has 0 bridgehead atoms. The third-order valence-corrected chi connectivity index (χ3v) is 6.00. The topological polar surface area (TPSA) is 58.4 Å². The van der Waals surface area contributed by atoms with E-state index in [4.69, 9.17) is 0 Å². The van der Waals surface area contributed by atoms with Gasteiger partial charge in [-0.1, -0.05) is 43.5 Å². The first-order valence-electron chi connectivity index (χ1n) is 10.8. The summed E-state index contributed by atoms with van der Waals surface area (Å²) in [4.78, 5) is 19.5. The molecule has 1 aliphatic rings. The molecular weight excluding hydrogens is 393 g/mol. The Morgan fingerprint density at radius 2 is 1.97 bits per heavy atom. The van der Waals surface area contributed by atoms with Gasteiger partial charge >= 0.3 is 0 Å². The van der Waals surface area contributed by atoms with Gasteiger partial charge < -0.3 is 14.6 Å². The van der Waals surface area contributed by atoms with E-state index in [2.05, 4.69) is 4.98 Å². The summed E-state index contributed by atoms with van der Waals surface area (Å²) in [6.45, 7) is 0.316. The van der Waals surface area contributed by atoms with Gasteiger partial charge in [0.25, 0.3) is 5.91 Å². The number of hydrogen-bond donors (Lipinski definition) is 1. The Morgan fingerprint density at radius 3 is 2.68 bits per heavy atom. The van der Waals surface area contributed by atoms with Gasteiger partial charge in [-0.3, -0.25) is 4.79 Å². The zero-order chi connectivity index (χ0) is 21.8. The molecule has 0 aliphatic heterocycles. The SMILES string of the molecule is Cn1cnc(C(=O)N(Cc2ccc(F)c(-c3cccc(CO)c3)c2)C2CCCCC2)c1. The molecule has 2 aromatic carbocycles. The van der Waals surface area contributed by atoms with Crippen LogP contribution in [0.5, 0.6) is 0 Å². The van der Waals surface area contributed by atoms with Gasteiger partial charge in [0.1, 0.15) is 11.5 Å². The van der Waals surface area contributed by atoms with Crippen molar-refractivity contribution in [3.8, 4) is 11.1 Å². The van der Waals surface area contributed by atoms with Crippen LogP contribution in [0.25, 0.3) is 11.1 Å². The van der Waals surface area contributed by atoms with Crippen LogP contribution in [0, 0.1) is 5.82 Å². The van der Waals surface area contributed by atoms with Crippen LogP contribution >= 0.6 is 0 Å². The highest BCUT2D eigenvalue weighted by molar-refractivity contribution is 5.92. The molecular formula is C25H28FN3O2. The Balaban J connectivity index is 1.65. The average Bonchev–Trinajstić information content (AvgIpc) is 3.25. The number of carbonyl (C=O) groups excluding carboxylic acids is 1. The van der Waals surface area contributed by atoms with Crippen molar-refractivity contribution in [2.45, 2.75) is 51.3 Å². The van der Waals surface area contributed by atoms with Crippen LogP contribution in [0.15, 0.2) is 55.0 Å². The number of benzene rings is 2. The summed E-state index contributed by atoms with van der Waals surface area (Å²) in [7, 11) is 1.85. The lowest BCUT2D eigenvalue weighted by Crippen LogP contribution is -2.41. The standard InChI is InChI=1S/C25H28FN3O2/c1-28-15-24(27-17-28)25(31)29(21-8-3-2-4-9-21)14-18-10-11-23(26)22(13-18)20-7-5-6-19(12-20)16-30/h5-7,10-13,15,17,21,30H,2-4,8-9,14,16H2,1H3. The van der Waals surface area contributed by atoms with Crippen LogP contribution in [0.2, 0.25) is 0 Å². The number of aryl methyl sites for hydroxylation is 1. The van der Waals surface area contributed by atoms with Gasteiger partial charge in [0.2, 0.25) is 0 Å². The van der Waals surface area contributed by atoms with Crippen molar-refractivity contribution in [2.24, 2.45) is 7.05 Å². The monoisotopic (exact) mass is 421 g/mol. The van der Waals surface area contributed by atoms with E-state index in [9.17, 15) is 14.3 Å². The van der Waals surface area contributed by atoms with Gasteiger partial charge in [-0.15, -0.1) is 0 Å². The summed E-state index contributed by atoms with van der Waals surface area (Å²) in [5.41, 5.74) is 3.23. The molecule has 1 aromatic heterocycles. The smallest absolute Gasteiger partial charge is 0.274 e. The Morgan fingerprint density at radius 1 is 1.16 bits per heavy atom. The van der Waals surface area contributed by atoms with Gasteiger partial charge in [-0.25, -0.2) is 9.37 Å². The van der Waals surface area contributed by atoms with Crippen molar-refractivity contribution in [3.63, 3.8) is 0 Å². The molecule has 0 atom stereocenters. The fraction of sp³-hybridized carbons (Fsp3) is 0.360. The second kappa shape index (κ2) is 9.43. The minimum Gasteiger partial charge on any atom is -0.392 e. The number of aliphatic hydroxyl groups is 1. The van der Waals surface area contributed by atoms with Crippen molar-refractivity contribution in [2.75, 3.05) is 0 Å². The molecule has 0 spiro atoms. The van der Waals surface area contributed by atoms with Crippen LogP contribution < -0.4 is 0 Å². The Labute approximate surface area is 182 Å². The molecule has 1 fully saturated rings. The maximum Gasteiger partial charge on any atom is 0.274 e. The molecule has 5 nitrogen and oxygen atoms in total. The molecule has 1 N–H and O–H groups in total. The normalized spacial score (nSPS) is 14.5. The highest BCUT2D eigenvalue weighted by Gasteiger charge is 2.28. The first-order chi connectivity index (χ1) is 15.0. The van der Waals surface area contributed by atoms with Crippen LogP contribution in [-0.4, -0.2) is 31.5 Å². The molecule has 3 aromatic rings. The van der Waals surface area contributed by atoms with Crippen molar-refractivity contribution < 1.29 is 14.3 Å². The van der Waals surface area contributed by atoms with Gasteiger partial charge in [0.15, 0.2) is 0 Å². The summed E-state index contributed by atoms with van der Waals surface area (Å²) in [6, 6.07) is 12.4. The van der Waals surface area contributed by atoms with E-state index in [0.29, 0.717) is 23.4 Å². The fourth-order valence-corrected chi connectivity index (χ4v) is 4.36. The van der Waals surface area contributed by atoms with Gasteiger partial charge in [0.05, 0.1) is 12.9 Å². The number of imidazole rings is 1. The molecule has 0 saturated heterocycles. The number of rotatable bonds is 6. The van der Waals surface area contributed by atoms with E-state index < -0.39 is 0 Å². The number of halogens is 1. The molecule has 1 heterocycles. The van der Waals surface area contributed by atoms with Crippen LogP contribution in [0.3, 0.4) is 0 Å². The number of amides is 1. The number of nitrogens with zero attached hydrogens (tertiary/aromatic N) is 3. The third-order valence-electron chi connectivity index (χ3n) is 6.00. The Kier molecular flexibility index (Phi) is 6.47. The zero-order valence-corrected chi connectivity index (χ0v) is 17.8. The predicted octanol–water partition coefficient (Wildman–Crippen LogP) is 4.69. The minimum absolute atomic E-state index is 0.0827. The maximum absolute atomic E-state index is 14.7. The van der Waals surface area contributed by atoms with Crippen molar-refractivity contribution in [3.05, 3.63) is 77.6 Å². The minimum atomic E-state index is -0.320. The Hall–Kier alpha value is -2.99. The highest BCUT2D eigenvalue weighted by atomic mass is 19.1. The van der Waals surface area contributed by atoms with E-state index in [1.807, 2.05) is 36.2 Å². The van der Waals surface area contributed by atoms with Gasteiger partial charge in [-0.2, -0.15) is 0 Å². The molecule has 1 aliphatic carbocycles. The van der Waals surface area contributed by atoms with Crippen LogP contribution in [0.1, 0.15) is 53.7 Å². The summed E-state index contributed by atoms with van der Waals surface area (Å²) in [5, 5.41) is 9.42. The molecule has 1 saturated carbocycles. The van der Waals surface area contributed by atoms with Gasteiger partial charge in [-0.05, 0) is 47.7 Å². The van der Waals surface area contributed by atoms with Crippen molar-refractivity contribution in [1.29, 1.82) is 0 Å². The van der Waals surface area contributed by atoms with E-state index >= 15 is 0 Å². The molecule has 0 unspecified atom stereocenters. The van der Waals surface area contributed by atoms with Crippen molar-refractivity contribution >= 4 is 5.91 Å². The molecule has 4 rings (SSSR count). The quantitative estimate of drug-likeness (QED) is 0.628. The zero-order valence-electron chi connectivity index (χ0n) is 17.8. The highest BCUT2D eigenvalue weighted by Crippen LogP contribution is 2.29. The van der Waals surface area contributed by atoms with Gasteiger partial charge in [0, 0.05) is 31.4 Å². The average molecular weight is 422 g/mol. The number of aromatic nitrogens is 2. The largest absolute Gasteiger partial charge is 0.392 e. The molecule has 31 heavy (non-hydrogen) atoms. The third kappa shape index (κ3) is 4.85. The summed E-state index contributed by atoms with van der Waals surface area (Å²) in [6.07, 6.45) is 8.75. The maximum atomic E-state index is 14.7. The van der Waals surface area contributed by atoms with E-state index in [1.165, 1.54) is 12.5 Å². The van der Waals surface area contributed by atoms with E-state index in [-0.39, 0.29) is 24.4 Å². The molecule has 1 amide bonds. The number of carbonyl (C=O) groups is 1. The lowest BCUT2D eigenvalue weighted by molar-refractivity contribution is 0.0608. The fourth-order valence-electron chi connectivity index (χ4n) is 4.36. The second-order valence-corrected chi connectivity index (χ2v) is 8.32.